The van der Waals surface area contributed by atoms with Crippen molar-refractivity contribution < 1.29 is 27.4 Å². The molecule has 0 spiro atoms. The lowest BCUT2D eigenvalue weighted by atomic mass is 10.2. The van der Waals surface area contributed by atoms with Crippen LogP contribution in [0, 0.1) is 5.92 Å². The van der Waals surface area contributed by atoms with E-state index in [0.29, 0.717) is 25.6 Å². The van der Waals surface area contributed by atoms with Crippen LogP contribution in [0.1, 0.15) is 23.7 Å². The molecule has 0 aliphatic carbocycles. The molecule has 2 rings (SSSR count). The second-order valence-electron chi connectivity index (χ2n) is 5.09. The molecule has 0 saturated carbocycles. The van der Waals surface area contributed by atoms with Crippen molar-refractivity contribution in [3.05, 3.63) is 23.8 Å². The van der Waals surface area contributed by atoms with E-state index < -0.39 is 15.8 Å². The van der Waals surface area contributed by atoms with Crippen LogP contribution in [0.2, 0.25) is 0 Å². The number of ether oxygens (including phenoxy) is 3. The normalized spacial score (nSPS) is 18.2. The average Bonchev–Trinajstić information content (AvgIpc) is 2.99. The summed E-state index contributed by atoms with van der Waals surface area (Å²) < 4.78 is 40.2. The van der Waals surface area contributed by atoms with Crippen molar-refractivity contribution in [3.8, 4) is 5.75 Å². The van der Waals surface area contributed by atoms with Crippen LogP contribution < -0.4 is 4.74 Å². The molecule has 0 radical (unpaired) electrons. The number of carbonyl (C=O) groups is 1. The average molecular weight is 328 g/mol. The highest BCUT2D eigenvalue weighted by molar-refractivity contribution is 7.91. The number of methoxy groups -OCH3 is 1. The molecule has 122 valence electrons. The van der Waals surface area contributed by atoms with E-state index in [1.165, 1.54) is 25.3 Å². The number of hydrogen-bond acceptors (Lipinski definition) is 6. The van der Waals surface area contributed by atoms with Crippen LogP contribution in [-0.2, 0) is 19.3 Å². The van der Waals surface area contributed by atoms with Gasteiger partial charge in [-0.1, -0.05) is 0 Å². The zero-order valence-corrected chi connectivity index (χ0v) is 13.5. The van der Waals surface area contributed by atoms with Crippen molar-refractivity contribution in [3.63, 3.8) is 0 Å². The zero-order chi connectivity index (χ0) is 16.2. The molecule has 1 aromatic rings. The van der Waals surface area contributed by atoms with E-state index in [4.69, 9.17) is 14.2 Å². The van der Waals surface area contributed by atoms with Gasteiger partial charge in [0, 0.05) is 6.61 Å². The maximum absolute atomic E-state index is 12.5. The van der Waals surface area contributed by atoms with Gasteiger partial charge < -0.3 is 14.2 Å². The van der Waals surface area contributed by atoms with Crippen LogP contribution in [0.5, 0.6) is 5.75 Å². The lowest BCUT2D eigenvalue weighted by molar-refractivity contribution is 0.0596. The second kappa shape index (κ2) is 7.11. The Morgan fingerprint density at radius 1 is 1.41 bits per heavy atom. The molecule has 1 heterocycles. The molecule has 6 nitrogen and oxygen atoms in total. The molecule has 7 heteroatoms. The second-order valence-corrected chi connectivity index (χ2v) is 7.13. The summed E-state index contributed by atoms with van der Waals surface area (Å²) in [4.78, 5) is 11.9. The monoisotopic (exact) mass is 328 g/mol. The van der Waals surface area contributed by atoms with Crippen LogP contribution in [0.4, 0.5) is 0 Å². The molecule has 1 fully saturated rings. The molecule has 1 aliphatic rings. The summed E-state index contributed by atoms with van der Waals surface area (Å²) in [6, 6.07) is 4.28. The minimum atomic E-state index is -3.48. The van der Waals surface area contributed by atoms with Crippen LogP contribution in [0.3, 0.4) is 0 Å². The lowest BCUT2D eigenvalue weighted by Crippen LogP contribution is -2.17. The predicted molar refractivity (Wildman–Crippen MR) is 79.9 cm³/mol. The molecule has 1 atom stereocenters. The van der Waals surface area contributed by atoms with Crippen LogP contribution >= 0.6 is 0 Å². The van der Waals surface area contributed by atoms with Gasteiger partial charge in [-0.25, -0.2) is 13.2 Å². The Balaban J connectivity index is 2.32. The lowest BCUT2D eigenvalue weighted by Gasteiger charge is -2.12. The molecule has 22 heavy (non-hydrogen) atoms. The largest absolute Gasteiger partial charge is 0.493 e. The summed E-state index contributed by atoms with van der Waals surface area (Å²) >= 11 is 0. The maximum Gasteiger partial charge on any atom is 0.341 e. The Bertz CT molecular complexity index is 631. The van der Waals surface area contributed by atoms with E-state index in [1.54, 1.807) is 6.92 Å². The number of sulfone groups is 1. The summed E-state index contributed by atoms with van der Waals surface area (Å²) in [6.45, 7) is 3.21. The Morgan fingerprint density at radius 3 is 2.77 bits per heavy atom. The number of esters is 1. The van der Waals surface area contributed by atoms with Gasteiger partial charge in [-0.3, -0.25) is 0 Å². The van der Waals surface area contributed by atoms with Crippen molar-refractivity contribution in [1.82, 2.24) is 0 Å². The van der Waals surface area contributed by atoms with Crippen LogP contribution in [0.15, 0.2) is 23.1 Å². The van der Waals surface area contributed by atoms with Gasteiger partial charge in [-0.2, -0.15) is 0 Å². The molecule has 0 bridgehead atoms. The molecule has 0 unspecified atom stereocenters. The van der Waals surface area contributed by atoms with Gasteiger partial charge in [-0.15, -0.1) is 0 Å². The van der Waals surface area contributed by atoms with Crippen molar-refractivity contribution in [2.45, 2.75) is 18.2 Å². The Labute approximate surface area is 130 Å². The summed E-state index contributed by atoms with van der Waals surface area (Å²) in [7, 11) is -2.24. The van der Waals surface area contributed by atoms with E-state index in [-0.39, 0.29) is 22.1 Å². The van der Waals surface area contributed by atoms with Gasteiger partial charge >= 0.3 is 5.97 Å². The van der Waals surface area contributed by atoms with Crippen molar-refractivity contribution in [2.24, 2.45) is 5.92 Å². The molecule has 1 aromatic carbocycles. The van der Waals surface area contributed by atoms with E-state index in [1.807, 2.05) is 0 Å². The SMILES string of the molecule is CCOc1ccc(S(=O)(=O)C[C@H]2CCOC2)cc1C(=O)OC. The van der Waals surface area contributed by atoms with Gasteiger partial charge in [0.25, 0.3) is 0 Å². The predicted octanol–water partition coefficient (Wildman–Crippen LogP) is 1.68. The van der Waals surface area contributed by atoms with E-state index >= 15 is 0 Å². The number of hydrogen-bond donors (Lipinski definition) is 0. The molecule has 0 aromatic heterocycles. The summed E-state index contributed by atoms with van der Waals surface area (Å²) in [5.41, 5.74) is 0.119. The van der Waals surface area contributed by atoms with Gasteiger partial charge in [-0.05, 0) is 37.5 Å². The van der Waals surface area contributed by atoms with Crippen molar-refractivity contribution >= 4 is 15.8 Å². The van der Waals surface area contributed by atoms with Gasteiger partial charge in [0.2, 0.25) is 0 Å². The Morgan fingerprint density at radius 2 is 2.18 bits per heavy atom. The first-order valence-electron chi connectivity index (χ1n) is 7.13. The van der Waals surface area contributed by atoms with E-state index in [0.717, 1.165) is 6.42 Å². The minimum Gasteiger partial charge on any atom is -0.493 e. The first-order valence-corrected chi connectivity index (χ1v) is 8.78. The first kappa shape index (κ1) is 16.8. The summed E-state index contributed by atoms with van der Waals surface area (Å²) in [6.07, 6.45) is 0.736. The summed E-state index contributed by atoms with van der Waals surface area (Å²) in [5, 5.41) is 0. The Hall–Kier alpha value is -1.60. The molecule has 0 amide bonds. The highest BCUT2D eigenvalue weighted by Crippen LogP contribution is 2.26. The van der Waals surface area contributed by atoms with Gasteiger partial charge in [0.15, 0.2) is 9.84 Å². The highest BCUT2D eigenvalue weighted by atomic mass is 32.2. The quantitative estimate of drug-likeness (QED) is 0.739. The summed E-state index contributed by atoms with van der Waals surface area (Å²) in [5.74, 6) is -0.290. The fraction of sp³-hybridized carbons (Fsp3) is 0.533. The van der Waals surface area contributed by atoms with Gasteiger partial charge in [0.1, 0.15) is 11.3 Å². The van der Waals surface area contributed by atoms with Crippen LogP contribution in [-0.4, -0.2) is 47.1 Å². The molecule has 0 N–H and O–H groups in total. The van der Waals surface area contributed by atoms with Crippen molar-refractivity contribution in [1.29, 1.82) is 0 Å². The Kier molecular flexibility index (Phi) is 5.42. The molecule has 1 aliphatic heterocycles. The zero-order valence-electron chi connectivity index (χ0n) is 12.7. The van der Waals surface area contributed by atoms with E-state index in [2.05, 4.69) is 0 Å². The maximum atomic E-state index is 12.5. The molecular weight excluding hydrogens is 308 g/mol. The fourth-order valence-corrected chi connectivity index (χ4v) is 4.02. The molecule has 1 saturated heterocycles. The topological polar surface area (TPSA) is 78.9 Å². The third-order valence-corrected chi connectivity index (χ3v) is 5.38. The fourth-order valence-electron chi connectivity index (χ4n) is 2.37. The number of rotatable bonds is 6. The first-order chi connectivity index (χ1) is 10.5. The third kappa shape index (κ3) is 3.78. The minimum absolute atomic E-state index is 0.00172. The smallest absolute Gasteiger partial charge is 0.341 e. The van der Waals surface area contributed by atoms with Crippen LogP contribution in [0.25, 0.3) is 0 Å². The van der Waals surface area contributed by atoms with Gasteiger partial charge in [0.05, 0.1) is 31.0 Å². The van der Waals surface area contributed by atoms with Crippen molar-refractivity contribution in [2.75, 3.05) is 32.7 Å². The third-order valence-electron chi connectivity index (χ3n) is 3.49. The highest BCUT2D eigenvalue weighted by Gasteiger charge is 2.26. The number of carbonyl (C=O) groups excluding carboxylic acids is 1. The number of benzene rings is 1. The van der Waals surface area contributed by atoms with E-state index in [9.17, 15) is 13.2 Å². The molecular formula is C15H20O6S. The standard InChI is InChI=1S/C15H20O6S/c1-3-21-14-5-4-12(8-13(14)15(16)19-2)22(17,18)10-11-6-7-20-9-11/h4-5,8,11H,3,6-7,9-10H2,1-2H3/t11-/m0/s1.